The summed E-state index contributed by atoms with van der Waals surface area (Å²) in [6.07, 6.45) is 2.26. The first-order valence-electron chi connectivity index (χ1n) is 7.46. The summed E-state index contributed by atoms with van der Waals surface area (Å²) in [5, 5.41) is 0.517. The molecule has 1 aliphatic rings. The van der Waals surface area contributed by atoms with Crippen LogP contribution in [0.3, 0.4) is 0 Å². The van der Waals surface area contributed by atoms with Gasteiger partial charge in [-0.1, -0.05) is 43.1 Å². The van der Waals surface area contributed by atoms with Crippen LogP contribution in [0.25, 0.3) is 0 Å². The Labute approximate surface area is 131 Å². The molecule has 1 aromatic heterocycles. The number of anilines is 2. The first-order chi connectivity index (χ1) is 10.0. The highest BCUT2D eigenvalue weighted by Crippen LogP contribution is 2.34. The van der Waals surface area contributed by atoms with Crippen molar-refractivity contribution < 1.29 is 0 Å². The summed E-state index contributed by atoms with van der Waals surface area (Å²) < 4.78 is 0. The van der Waals surface area contributed by atoms with Crippen LogP contribution in [0.2, 0.25) is 5.15 Å². The summed E-state index contributed by atoms with van der Waals surface area (Å²) >= 11 is 6.19. The van der Waals surface area contributed by atoms with E-state index in [1.54, 1.807) is 0 Å². The van der Waals surface area contributed by atoms with Gasteiger partial charge >= 0.3 is 0 Å². The largest absolute Gasteiger partial charge is 0.326 e. The third-order valence-electron chi connectivity index (χ3n) is 3.85. The highest BCUT2D eigenvalue weighted by molar-refractivity contribution is 6.29. The van der Waals surface area contributed by atoms with Crippen LogP contribution < -0.4 is 4.90 Å². The maximum atomic E-state index is 6.19. The van der Waals surface area contributed by atoms with E-state index < -0.39 is 0 Å². The van der Waals surface area contributed by atoms with E-state index in [-0.39, 0.29) is 5.92 Å². The highest BCUT2D eigenvalue weighted by Gasteiger charge is 2.20. The van der Waals surface area contributed by atoms with E-state index in [0.717, 1.165) is 31.0 Å². The van der Waals surface area contributed by atoms with Crippen LogP contribution >= 0.6 is 11.6 Å². The van der Waals surface area contributed by atoms with Gasteiger partial charge in [0.25, 0.3) is 0 Å². The van der Waals surface area contributed by atoms with Crippen molar-refractivity contribution in [1.29, 1.82) is 0 Å². The summed E-state index contributed by atoms with van der Waals surface area (Å²) in [5.74, 6) is 1.98. The Hall–Kier alpha value is -1.61. The molecular weight excluding hydrogens is 282 g/mol. The molecule has 4 heteroatoms. The maximum absolute atomic E-state index is 6.19. The Morgan fingerprint density at radius 3 is 2.76 bits per heavy atom. The van der Waals surface area contributed by atoms with Gasteiger partial charge in [-0.15, -0.1) is 0 Å². The Morgan fingerprint density at radius 1 is 1.19 bits per heavy atom. The van der Waals surface area contributed by atoms with Crippen molar-refractivity contribution in [3.63, 3.8) is 0 Å². The molecule has 3 nitrogen and oxygen atoms in total. The second kappa shape index (κ2) is 5.64. The van der Waals surface area contributed by atoms with E-state index in [4.69, 9.17) is 16.6 Å². The molecule has 110 valence electrons. The van der Waals surface area contributed by atoms with E-state index in [9.17, 15) is 0 Å². The number of aryl methyl sites for hydroxylation is 2. The van der Waals surface area contributed by atoms with E-state index in [1.165, 1.54) is 16.8 Å². The zero-order chi connectivity index (χ0) is 15.0. The van der Waals surface area contributed by atoms with Gasteiger partial charge in [0.2, 0.25) is 0 Å². The van der Waals surface area contributed by atoms with E-state index in [1.807, 2.05) is 6.07 Å². The summed E-state index contributed by atoms with van der Waals surface area (Å²) in [4.78, 5) is 11.3. The van der Waals surface area contributed by atoms with Gasteiger partial charge in [-0.25, -0.2) is 9.97 Å². The topological polar surface area (TPSA) is 29.0 Å². The summed E-state index contributed by atoms with van der Waals surface area (Å²) in [5.41, 5.74) is 3.94. The van der Waals surface area contributed by atoms with Gasteiger partial charge in [0.15, 0.2) is 0 Å². The highest BCUT2D eigenvalue weighted by atomic mass is 35.5. The van der Waals surface area contributed by atoms with Gasteiger partial charge in [0.05, 0.1) is 0 Å². The van der Waals surface area contributed by atoms with Crippen molar-refractivity contribution in [2.75, 3.05) is 11.4 Å². The number of halogens is 1. The quantitative estimate of drug-likeness (QED) is 0.756. The first kappa shape index (κ1) is 14.3. The van der Waals surface area contributed by atoms with Gasteiger partial charge in [-0.2, -0.15) is 0 Å². The van der Waals surface area contributed by atoms with E-state index in [2.05, 4.69) is 48.9 Å². The molecule has 2 aromatic rings. The minimum absolute atomic E-state index is 0.268. The molecule has 0 amide bonds. The number of fused-ring (bicyclic) bond motifs is 1. The zero-order valence-electron chi connectivity index (χ0n) is 12.7. The Kier molecular flexibility index (Phi) is 3.85. The summed E-state index contributed by atoms with van der Waals surface area (Å²) in [7, 11) is 0. The molecule has 0 bridgehead atoms. The summed E-state index contributed by atoms with van der Waals surface area (Å²) in [6, 6.07) is 8.48. The van der Waals surface area contributed by atoms with Crippen molar-refractivity contribution in [1.82, 2.24) is 9.97 Å². The molecule has 0 atom stereocenters. The molecule has 0 radical (unpaired) electrons. The smallest absolute Gasteiger partial charge is 0.138 e. The number of benzene rings is 1. The van der Waals surface area contributed by atoms with Crippen molar-refractivity contribution in [3.8, 4) is 0 Å². The van der Waals surface area contributed by atoms with Gasteiger partial charge in [-0.05, 0) is 31.4 Å². The number of nitrogens with zero attached hydrogens (tertiary/aromatic N) is 3. The average Bonchev–Trinajstić information content (AvgIpc) is 2.45. The molecule has 0 N–H and O–H groups in total. The molecule has 1 aromatic carbocycles. The molecule has 2 heterocycles. The normalized spacial score (nSPS) is 14.4. The number of rotatable bonds is 2. The lowest BCUT2D eigenvalue weighted by Crippen LogP contribution is -2.26. The number of aromatic nitrogens is 2. The maximum Gasteiger partial charge on any atom is 0.138 e. The van der Waals surface area contributed by atoms with E-state index in [0.29, 0.717) is 5.15 Å². The minimum atomic E-state index is 0.268. The fraction of sp³-hybridized carbons (Fsp3) is 0.412. The number of hydrogen-bond acceptors (Lipinski definition) is 3. The third kappa shape index (κ3) is 2.88. The lowest BCUT2D eigenvalue weighted by atomic mass is 9.99. The Morgan fingerprint density at radius 2 is 2.00 bits per heavy atom. The van der Waals surface area contributed by atoms with Crippen molar-refractivity contribution in [2.24, 2.45) is 0 Å². The van der Waals surface area contributed by atoms with Crippen molar-refractivity contribution in [3.05, 3.63) is 46.4 Å². The van der Waals surface area contributed by atoms with Crippen LogP contribution in [0.4, 0.5) is 11.5 Å². The molecule has 0 saturated heterocycles. The lowest BCUT2D eigenvalue weighted by molar-refractivity contribution is 0.736. The molecule has 0 saturated carbocycles. The predicted molar refractivity (Wildman–Crippen MR) is 87.6 cm³/mol. The molecule has 0 spiro atoms. The molecule has 3 rings (SSSR count). The van der Waals surface area contributed by atoms with Gasteiger partial charge in [-0.3, -0.25) is 0 Å². The van der Waals surface area contributed by atoms with Gasteiger partial charge in [0.1, 0.15) is 16.8 Å². The van der Waals surface area contributed by atoms with E-state index >= 15 is 0 Å². The summed E-state index contributed by atoms with van der Waals surface area (Å²) in [6.45, 7) is 7.28. The first-order valence-corrected chi connectivity index (χ1v) is 7.84. The van der Waals surface area contributed by atoms with Crippen LogP contribution in [0.5, 0.6) is 0 Å². The van der Waals surface area contributed by atoms with Crippen LogP contribution in [0.15, 0.2) is 24.3 Å². The van der Waals surface area contributed by atoms with Crippen molar-refractivity contribution >= 4 is 23.1 Å². The molecule has 21 heavy (non-hydrogen) atoms. The van der Waals surface area contributed by atoms with Crippen molar-refractivity contribution in [2.45, 2.75) is 39.5 Å². The van der Waals surface area contributed by atoms with Gasteiger partial charge in [0, 0.05) is 24.2 Å². The molecule has 0 fully saturated rings. The standard InChI is InChI=1S/C17H20ClN3/c1-11(2)17-19-15(18)10-16(20-17)21-8-4-5-13-9-12(3)6-7-14(13)21/h6-7,9-11H,4-5,8H2,1-3H3. The van der Waals surface area contributed by atoms with Crippen LogP contribution in [-0.2, 0) is 6.42 Å². The lowest BCUT2D eigenvalue weighted by Gasteiger charge is -2.31. The molecule has 1 aliphatic heterocycles. The second-order valence-electron chi connectivity index (χ2n) is 5.95. The zero-order valence-corrected chi connectivity index (χ0v) is 13.5. The monoisotopic (exact) mass is 301 g/mol. The number of hydrogen-bond donors (Lipinski definition) is 0. The molecular formula is C17H20ClN3. The van der Waals surface area contributed by atoms with Gasteiger partial charge < -0.3 is 4.90 Å². The van der Waals surface area contributed by atoms with Crippen LogP contribution in [0, 0.1) is 6.92 Å². The van der Waals surface area contributed by atoms with Crippen LogP contribution in [0.1, 0.15) is 43.1 Å². The second-order valence-corrected chi connectivity index (χ2v) is 6.34. The fourth-order valence-electron chi connectivity index (χ4n) is 2.78. The fourth-order valence-corrected chi connectivity index (χ4v) is 2.97. The molecule has 0 aliphatic carbocycles. The average molecular weight is 302 g/mol. The van der Waals surface area contributed by atoms with Crippen LogP contribution in [-0.4, -0.2) is 16.5 Å². The minimum Gasteiger partial charge on any atom is -0.326 e. The predicted octanol–water partition coefficient (Wildman–Crippen LogP) is 4.65. The third-order valence-corrected chi connectivity index (χ3v) is 4.04. The Balaban J connectivity index is 2.06. The Bertz CT molecular complexity index is 667. The SMILES string of the molecule is Cc1ccc2c(c1)CCCN2c1cc(Cl)nc(C(C)C)n1. The molecule has 0 unspecified atom stereocenters.